The molecule has 0 aliphatic heterocycles. The fourth-order valence-electron chi connectivity index (χ4n) is 1.12. The van der Waals surface area contributed by atoms with E-state index < -0.39 is 27.5 Å². The number of non-ortho nitro benzene ring substituents is 1. The van der Waals surface area contributed by atoms with E-state index in [1.807, 2.05) is 0 Å². The van der Waals surface area contributed by atoms with Crippen LogP contribution in [0.4, 0.5) is 14.5 Å². The standard InChI is InChI=1S/C9H6ClF2NO4/c1-17-8(14)5-2-6(9(10,11)12)4-7(3-5)13(15)16/h2-4H,1H3. The second kappa shape index (κ2) is 4.62. The molecule has 0 saturated heterocycles. The van der Waals surface area contributed by atoms with E-state index >= 15 is 0 Å². The van der Waals surface area contributed by atoms with Crippen molar-refractivity contribution in [1.82, 2.24) is 0 Å². The predicted molar refractivity (Wildman–Crippen MR) is 54.2 cm³/mol. The summed E-state index contributed by atoms with van der Waals surface area (Å²) in [6.45, 7) is 0. The van der Waals surface area contributed by atoms with Gasteiger partial charge in [-0.1, -0.05) is 0 Å². The average molecular weight is 266 g/mol. The molecule has 1 aromatic carbocycles. The summed E-state index contributed by atoms with van der Waals surface area (Å²) in [4.78, 5) is 20.7. The number of nitro benzene ring substituents is 1. The first-order valence-corrected chi connectivity index (χ1v) is 4.58. The molecular weight excluding hydrogens is 260 g/mol. The zero-order chi connectivity index (χ0) is 13.2. The van der Waals surface area contributed by atoms with E-state index in [4.69, 9.17) is 11.6 Å². The molecule has 0 amide bonds. The molecule has 1 aromatic rings. The average Bonchev–Trinajstić information content (AvgIpc) is 2.26. The predicted octanol–water partition coefficient (Wildman–Crippen LogP) is 2.67. The van der Waals surface area contributed by atoms with E-state index in [1.165, 1.54) is 0 Å². The van der Waals surface area contributed by atoms with Gasteiger partial charge in [0.25, 0.3) is 5.69 Å². The van der Waals surface area contributed by atoms with Crippen LogP contribution in [0.3, 0.4) is 0 Å². The van der Waals surface area contributed by atoms with Crippen molar-refractivity contribution in [2.45, 2.75) is 5.38 Å². The minimum atomic E-state index is -3.80. The molecule has 1 rings (SSSR count). The summed E-state index contributed by atoms with van der Waals surface area (Å²) < 4.78 is 30.0. The van der Waals surface area contributed by atoms with Crippen LogP contribution in [0.25, 0.3) is 0 Å². The maximum atomic E-state index is 12.8. The fraction of sp³-hybridized carbons (Fsp3) is 0.222. The van der Waals surface area contributed by atoms with E-state index in [0.29, 0.717) is 6.07 Å². The molecule has 92 valence electrons. The maximum Gasteiger partial charge on any atom is 0.348 e. The topological polar surface area (TPSA) is 69.4 Å². The van der Waals surface area contributed by atoms with Crippen LogP contribution in [0, 0.1) is 10.1 Å². The Morgan fingerprint density at radius 1 is 1.47 bits per heavy atom. The van der Waals surface area contributed by atoms with E-state index in [1.54, 1.807) is 0 Å². The number of nitrogens with zero attached hydrogens (tertiary/aromatic N) is 1. The number of carbonyl (C=O) groups is 1. The van der Waals surface area contributed by atoms with Crippen LogP contribution < -0.4 is 0 Å². The Hall–Kier alpha value is -1.76. The zero-order valence-corrected chi connectivity index (χ0v) is 9.20. The molecule has 0 aromatic heterocycles. The minimum Gasteiger partial charge on any atom is -0.465 e. The number of esters is 1. The molecule has 0 N–H and O–H groups in total. The van der Waals surface area contributed by atoms with Crippen molar-refractivity contribution < 1.29 is 23.2 Å². The lowest BCUT2D eigenvalue weighted by molar-refractivity contribution is -0.385. The summed E-state index contributed by atoms with van der Waals surface area (Å²) in [6.07, 6.45) is 0. The van der Waals surface area contributed by atoms with Crippen LogP contribution in [0.5, 0.6) is 0 Å². The monoisotopic (exact) mass is 265 g/mol. The summed E-state index contributed by atoms with van der Waals surface area (Å²) >= 11 is 4.75. The molecule has 0 radical (unpaired) electrons. The summed E-state index contributed by atoms with van der Waals surface area (Å²) in [6, 6.07) is 2.17. The summed E-state index contributed by atoms with van der Waals surface area (Å²) in [5.74, 6) is -0.962. The molecule has 0 heterocycles. The molecule has 0 bridgehead atoms. The number of carbonyl (C=O) groups excluding carboxylic acids is 1. The lowest BCUT2D eigenvalue weighted by Crippen LogP contribution is -2.09. The lowest BCUT2D eigenvalue weighted by atomic mass is 10.1. The van der Waals surface area contributed by atoms with Gasteiger partial charge in [0, 0.05) is 17.7 Å². The number of nitro groups is 1. The molecule has 0 saturated carbocycles. The zero-order valence-electron chi connectivity index (χ0n) is 8.45. The summed E-state index contributed by atoms with van der Waals surface area (Å²) in [5.41, 5.74) is -1.87. The first kappa shape index (κ1) is 13.3. The summed E-state index contributed by atoms with van der Waals surface area (Å²) in [7, 11) is 1.03. The Kier molecular flexibility index (Phi) is 3.62. The molecule has 17 heavy (non-hydrogen) atoms. The second-order valence-corrected chi connectivity index (χ2v) is 3.49. The van der Waals surface area contributed by atoms with E-state index in [0.717, 1.165) is 19.2 Å². The normalized spacial score (nSPS) is 11.1. The van der Waals surface area contributed by atoms with Gasteiger partial charge in [-0.2, -0.15) is 8.78 Å². The molecule has 0 aliphatic carbocycles. The fourth-order valence-corrected chi connectivity index (χ4v) is 1.23. The third-order valence-electron chi connectivity index (χ3n) is 1.88. The van der Waals surface area contributed by atoms with Gasteiger partial charge < -0.3 is 4.74 Å². The van der Waals surface area contributed by atoms with E-state index in [-0.39, 0.29) is 5.56 Å². The maximum absolute atomic E-state index is 12.8. The van der Waals surface area contributed by atoms with Crippen LogP contribution in [-0.2, 0) is 10.1 Å². The Bertz CT molecular complexity index is 473. The molecule has 5 nitrogen and oxygen atoms in total. The minimum absolute atomic E-state index is 0.364. The number of halogens is 3. The highest BCUT2D eigenvalue weighted by molar-refractivity contribution is 6.21. The van der Waals surface area contributed by atoms with E-state index in [9.17, 15) is 23.7 Å². The molecular formula is C9H6ClF2NO4. The molecule has 0 aliphatic rings. The SMILES string of the molecule is COC(=O)c1cc([N+](=O)[O-])cc(C(F)(F)Cl)c1. The molecule has 8 heteroatoms. The molecule has 0 spiro atoms. The van der Waals surface area contributed by atoms with Crippen molar-refractivity contribution in [3.63, 3.8) is 0 Å². The molecule has 0 fully saturated rings. The second-order valence-electron chi connectivity index (χ2n) is 3.02. The number of hydrogen-bond acceptors (Lipinski definition) is 4. The third-order valence-corrected chi connectivity index (χ3v) is 2.10. The van der Waals surface area contributed by atoms with Crippen LogP contribution in [0.1, 0.15) is 15.9 Å². The Morgan fingerprint density at radius 3 is 2.47 bits per heavy atom. The number of alkyl halides is 3. The van der Waals surface area contributed by atoms with Gasteiger partial charge in [0.05, 0.1) is 17.6 Å². The van der Waals surface area contributed by atoms with Gasteiger partial charge >= 0.3 is 11.4 Å². The van der Waals surface area contributed by atoms with Crippen LogP contribution in [0.2, 0.25) is 0 Å². The van der Waals surface area contributed by atoms with Gasteiger partial charge in [-0.3, -0.25) is 10.1 Å². The summed E-state index contributed by atoms with van der Waals surface area (Å²) in [5, 5.41) is 6.71. The Balaban J connectivity index is 3.39. The Labute approximate surface area is 99.1 Å². The van der Waals surface area contributed by atoms with Crippen molar-refractivity contribution in [1.29, 1.82) is 0 Å². The van der Waals surface area contributed by atoms with Gasteiger partial charge in [-0.25, -0.2) is 4.79 Å². The first-order valence-electron chi connectivity index (χ1n) is 4.20. The lowest BCUT2D eigenvalue weighted by Gasteiger charge is -2.09. The largest absolute Gasteiger partial charge is 0.465 e. The highest BCUT2D eigenvalue weighted by Crippen LogP contribution is 2.35. The number of ether oxygens (including phenoxy) is 1. The van der Waals surface area contributed by atoms with Crippen LogP contribution in [-0.4, -0.2) is 18.0 Å². The van der Waals surface area contributed by atoms with Crippen LogP contribution in [0.15, 0.2) is 18.2 Å². The van der Waals surface area contributed by atoms with Crippen LogP contribution >= 0.6 is 11.6 Å². The first-order chi connectivity index (χ1) is 7.75. The van der Waals surface area contributed by atoms with Crippen molar-refractivity contribution in [3.05, 3.63) is 39.4 Å². The van der Waals surface area contributed by atoms with Crippen molar-refractivity contribution in [2.24, 2.45) is 0 Å². The van der Waals surface area contributed by atoms with Gasteiger partial charge in [-0.15, -0.1) is 0 Å². The molecule has 0 atom stereocenters. The van der Waals surface area contributed by atoms with Gasteiger partial charge in [0.2, 0.25) is 0 Å². The highest BCUT2D eigenvalue weighted by atomic mass is 35.5. The number of rotatable bonds is 3. The molecule has 0 unspecified atom stereocenters. The number of methoxy groups -OCH3 is 1. The van der Waals surface area contributed by atoms with E-state index in [2.05, 4.69) is 4.74 Å². The van der Waals surface area contributed by atoms with Crippen molar-refractivity contribution >= 4 is 23.3 Å². The smallest absolute Gasteiger partial charge is 0.348 e. The quantitative estimate of drug-likeness (QED) is 0.365. The van der Waals surface area contributed by atoms with Gasteiger partial charge in [0.15, 0.2) is 0 Å². The van der Waals surface area contributed by atoms with Gasteiger partial charge in [-0.05, 0) is 17.7 Å². The highest BCUT2D eigenvalue weighted by Gasteiger charge is 2.31. The van der Waals surface area contributed by atoms with Crippen molar-refractivity contribution in [2.75, 3.05) is 7.11 Å². The third kappa shape index (κ3) is 3.10. The van der Waals surface area contributed by atoms with Gasteiger partial charge in [0.1, 0.15) is 0 Å². The Morgan fingerprint density at radius 2 is 2.06 bits per heavy atom. The number of hydrogen-bond donors (Lipinski definition) is 0. The van der Waals surface area contributed by atoms with Crippen molar-refractivity contribution in [3.8, 4) is 0 Å². The number of benzene rings is 1.